The number of nitrogens with one attached hydrogen (secondary N) is 1. The number of carbonyl (C=O) groups excluding carboxylic acids is 2. The van der Waals surface area contributed by atoms with E-state index in [4.69, 9.17) is 4.74 Å². The number of ether oxygens (including phenoxy) is 1. The van der Waals surface area contributed by atoms with Crippen molar-refractivity contribution in [2.24, 2.45) is 0 Å². The molecule has 0 radical (unpaired) electrons. The first-order chi connectivity index (χ1) is 15.7. The molecule has 1 saturated heterocycles. The number of fused-ring (bicyclic) bond motifs is 1. The van der Waals surface area contributed by atoms with Gasteiger partial charge in [0.2, 0.25) is 5.91 Å². The summed E-state index contributed by atoms with van der Waals surface area (Å²) < 4.78 is 6.41. The summed E-state index contributed by atoms with van der Waals surface area (Å²) in [6, 6.07) is 23.9. The average Bonchev–Trinajstić information content (AvgIpc) is 3.42. The highest BCUT2D eigenvalue weighted by Crippen LogP contribution is 2.28. The van der Waals surface area contributed by atoms with Crippen LogP contribution in [-0.4, -0.2) is 31.8 Å². The molecule has 32 heavy (non-hydrogen) atoms. The number of aromatic amines is 1. The lowest BCUT2D eigenvalue weighted by Gasteiger charge is -2.20. The molecule has 1 fully saturated rings. The maximum absolute atomic E-state index is 11.9. The van der Waals surface area contributed by atoms with E-state index in [0.717, 1.165) is 46.1 Å². The van der Waals surface area contributed by atoms with Crippen molar-refractivity contribution in [1.82, 2.24) is 14.9 Å². The van der Waals surface area contributed by atoms with Crippen molar-refractivity contribution in [1.29, 1.82) is 0 Å². The monoisotopic (exact) mass is 443 g/mol. The van der Waals surface area contributed by atoms with E-state index in [-0.39, 0.29) is 29.5 Å². The van der Waals surface area contributed by atoms with E-state index in [0.29, 0.717) is 0 Å². The fourth-order valence-electron chi connectivity index (χ4n) is 3.76. The Labute approximate surface area is 189 Å². The van der Waals surface area contributed by atoms with Crippen LogP contribution in [0.1, 0.15) is 22.8 Å². The number of H-pyrrole nitrogens is 1. The van der Waals surface area contributed by atoms with E-state index in [9.17, 15) is 9.59 Å². The zero-order chi connectivity index (χ0) is 21.9. The fraction of sp³-hybridized carbons (Fsp3) is 0.160. The summed E-state index contributed by atoms with van der Waals surface area (Å²) in [5.41, 5.74) is 5.01. The molecule has 3 aromatic carbocycles. The molecule has 0 aliphatic carbocycles. The van der Waals surface area contributed by atoms with Crippen LogP contribution in [0.4, 0.5) is 4.79 Å². The van der Waals surface area contributed by atoms with Gasteiger partial charge in [0.25, 0.3) is 5.24 Å². The summed E-state index contributed by atoms with van der Waals surface area (Å²) >= 11 is 1.05. The zero-order valence-electron chi connectivity index (χ0n) is 17.2. The third kappa shape index (κ3) is 4.38. The van der Waals surface area contributed by atoms with Crippen LogP contribution in [0.25, 0.3) is 11.0 Å². The Morgan fingerprint density at radius 1 is 1.00 bits per heavy atom. The van der Waals surface area contributed by atoms with Gasteiger partial charge in [-0.05, 0) is 41.0 Å². The lowest BCUT2D eigenvalue weighted by atomic mass is 10.0. The molecule has 1 aliphatic rings. The van der Waals surface area contributed by atoms with Crippen molar-refractivity contribution in [2.75, 3.05) is 5.75 Å². The molecule has 4 aromatic rings. The van der Waals surface area contributed by atoms with Gasteiger partial charge in [-0.15, -0.1) is 0 Å². The highest BCUT2D eigenvalue weighted by atomic mass is 32.2. The predicted molar refractivity (Wildman–Crippen MR) is 124 cm³/mol. The number of carbonyl (C=O) groups is 2. The number of nitrogens with zero attached hydrogens (tertiary/aromatic N) is 2. The predicted octanol–water partition coefficient (Wildman–Crippen LogP) is 5.12. The Hall–Kier alpha value is -3.58. The maximum atomic E-state index is 11.9. The summed E-state index contributed by atoms with van der Waals surface area (Å²) in [6.45, 7) is 0.287. The zero-order valence-corrected chi connectivity index (χ0v) is 18.0. The number of hydrogen-bond donors (Lipinski definition) is 1. The largest absolute Gasteiger partial charge is 0.485 e. The van der Waals surface area contributed by atoms with Crippen LogP contribution < -0.4 is 4.74 Å². The third-order valence-corrected chi connectivity index (χ3v) is 6.32. The van der Waals surface area contributed by atoms with Crippen LogP contribution in [0, 0.1) is 0 Å². The van der Waals surface area contributed by atoms with Gasteiger partial charge in [-0.1, -0.05) is 60.3 Å². The topological polar surface area (TPSA) is 75.3 Å². The van der Waals surface area contributed by atoms with Gasteiger partial charge >= 0.3 is 0 Å². The van der Waals surface area contributed by atoms with Gasteiger partial charge in [0.05, 0.1) is 29.7 Å². The van der Waals surface area contributed by atoms with Gasteiger partial charge in [-0.25, -0.2) is 4.98 Å². The normalized spacial score (nSPS) is 14.8. The van der Waals surface area contributed by atoms with Gasteiger partial charge in [-0.3, -0.25) is 14.5 Å². The van der Waals surface area contributed by atoms with E-state index in [2.05, 4.69) is 28.2 Å². The summed E-state index contributed by atoms with van der Waals surface area (Å²) in [5.74, 6) is 0.812. The van der Waals surface area contributed by atoms with E-state index in [1.165, 1.54) is 10.5 Å². The first-order valence-electron chi connectivity index (χ1n) is 10.4. The number of thioether (sulfide) groups is 1. The van der Waals surface area contributed by atoms with Gasteiger partial charge < -0.3 is 9.72 Å². The number of hydrogen-bond acceptors (Lipinski definition) is 5. The van der Waals surface area contributed by atoms with Crippen LogP contribution in [0.2, 0.25) is 0 Å². The summed E-state index contributed by atoms with van der Waals surface area (Å²) in [7, 11) is 0. The van der Waals surface area contributed by atoms with Crippen LogP contribution in [-0.2, 0) is 17.8 Å². The second-order valence-corrected chi connectivity index (χ2v) is 8.58. The first-order valence-corrected chi connectivity index (χ1v) is 11.3. The van der Waals surface area contributed by atoms with Crippen LogP contribution in [0.15, 0.2) is 79.1 Å². The Bertz CT molecular complexity index is 1240. The molecule has 1 aromatic heterocycles. The fourth-order valence-corrected chi connectivity index (χ4v) is 4.49. The number of benzene rings is 3. The number of aromatic nitrogens is 2. The number of amides is 2. The molecule has 2 heterocycles. The molecular weight excluding hydrogens is 422 g/mol. The van der Waals surface area contributed by atoms with E-state index in [1.807, 2.05) is 54.6 Å². The minimum atomic E-state index is -0.188. The molecule has 1 atom stereocenters. The molecule has 0 spiro atoms. The number of imide groups is 1. The number of rotatable bonds is 7. The van der Waals surface area contributed by atoms with Gasteiger partial charge in [0, 0.05) is 6.42 Å². The highest BCUT2D eigenvalue weighted by Gasteiger charge is 2.29. The minimum absolute atomic E-state index is 0.141. The maximum Gasteiger partial charge on any atom is 0.289 e. The van der Waals surface area contributed by atoms with Crippen molar-refractivity contribution in [3.8, 4) is 5.75 Å². The van der Waals surface area contributed by atoms with Crippen molar-refractivity contribution < 1.29 is 14.3 Å². The van der Waals surface area contributed by atoms with Crippen molar-refractivity contribution in [3.05, 3.63) is 95.8 Å². The molecule has 1 aliphatic heterocycles. The SMILES string of the molecule is O=C1CSC(=O)N1Cc1ccc(OC(Cc2ccccc2)c2ccc3nc[nH]c3c2)cc1. The van der Waals surface area contributed by atoms with Gasteiger partial charge in [0.15, 0.2) is 0 Å². The molecule has 160 valence electrons. The molecule has 1 unspecified atom stereocenters. The Kier molecular flexibility index (Phi) is 5.64. The minimum Gasteiger partial charge on any atom is -0.485 e. The Morgan fingerprint density at radius 3 is 2.56 bits per heavy atom. The first kappa shape index (κ1) is 20.3. The summed E-state index contributed by atoms with van der Waals surface area (Å²) in [4.78, 5) is 32.5. The molecule has 0 saturated carbocycles. The molecular formula is C25H21N3O3S. The van der Waals surface area contributed by atoms with Crippen molar-refractivity contribution in [2.45, 2.75) is 19.1 Å². The van der Waals surface area contributed by atoms with Crippen LogP contribution in [0.3, 0.4) is 0 Å². The molecule has 2 amide bonds. The smallest absolute Gasteiger partial charge is 0.289 e. The standard InChI is InChI=1S/C25H21N3O3S/c29-24-15-32-25(30)28(24)14-18-6-9-20(10-7-18)31-23(12-17-4-2-1-3-5-17)19-8-11-21-22(13-19)27-16-26-21/h1-11,13,16,23H,12,14-15H2,(H,26,27). The van der Waals surface area contributed by atoms with E-state index in [1.54, 1.807) is 6.33 Å². The van der Waals surface area contributed by atoms with Gasteiger partial charge in [0.1, 0.15) is 11.9 Å². The van der Waals surface area contributed by atoms with E-state index < -0.39 is 0 Å². The van der Waals surface area contributed by atoms with E-state index >= 15 is 0 Å². The lowest BCUT2D eigenvalue weighted by Crippen LogP contribution is -2.27. The number of imidazole rings is 1. The highest BCUT2D eigenvalue weighted by molar-refractivity contribution is 8.14. The lowest BCUT2D eigenvalue weighted by molar-refractivity contribution is -0.125. The molecule has 7 heteroatoms. The van der Waals surface area contributed by atoms with Crippen LogP contribution in [0.5, 0.6) is 5.75 Å². The van der Waals surface area contributed by atoms with Crippen molar-refractivity contribution >= 4 is 33.9 Å². The average molecular weight is 444 g/mol. The third-order valence-electron chi connectivity index (χ3n) is 5.46. The Morgan fingerprint density at radius 2 is 1.81 bits per heavy atom. The second-order valence-electron chi connectivity index (χ2n) is 7.65. The summed E-state index contributed by atoms with van der Waals surface area (Å²) in [6.07, 6.45) is 2.22. The molecule has 6 nitrogen and oxygen atoms in total. The molecule has 0 bridgehead atoms. The molecule has 1 N–H and O–H groups in total. The Balaban J connectivity index is 1.37. The quantitative estimate of drug-likeness (QED) is 0.429. The summed E-state index contributed by atoms with van der Waals surface area (Å²) in [5, 5.41) is -0.188. The van der Waals surface area contributed by atoms with Crippen LogP contribution >= 0.6 is 11.8 Å². The second kappa shape index (κ2) is 8.88. The van der Waals surface area contributed by atoms with Gasteiger partial charge in [-0.2, -0.15) is 0 Å². The van der Waals surface area contributed by atoms with Crippen molar-refractivity contribution in [3.63, 3.8) is 0 Å². The molecule has 5 rings (SSSR count).